The second kappa shape index (κ2) is 10.5. The second-order valence-electron chi connectivity index (χ2n) is 9.01. The number of aliphatic carboxylic acids is 1. The van der Waals surface area contributed by atoms with E-state index >= 15 is 0 Å². The Bertz CT molecular complexity index is 1830. The number of imidazole rings is 1. The third kappa shape index (κ3) is 4.70. The number of benzene rings is 2. The molecule has 3 aromatic heterocycles. The average Bonchev–Trinajstić information content (AvgIpc) is 3.35. The van der Waals surface area contributed by atoms with Gasteiger partial charge in [-0.1, -0.05) is 24.3 Å². The van der Waals surface area contributed by atoms with Gasteiger partial charge in [-0.25, -0.2) is 23.2 Å². The van der Waals surface area contributed by atoms with Gasteiger partial charge < -0.3 is 15.0 Å². The maximum absolute atomic E-state index is 14.1. The number of nitrogens with one attached hydrogen (secondary N) is 1. The minimum absolute atomic E-state index is 0.209. The molecule has 0 aliphatic carbocycles. The van der Waals surface area contributed by atoms with E-state index in [-0.39, 0.29) is 12.0 Å². The Morgan fingerprint density at radius 3 is 2.42 bits per heavy atom. The fourth-order valence-corrected chi connectivity index (χ4v) is 4.58. The highest BCUT2D eigenvalue weighted by molar-refractivity contribution is 5.99. The number of aryl methyl sites for hydroxylation is 2. The first-order valence-electron chi connectivity index (χ1n) is 12.1. The summed E-state index contributed by atoms with van der Waals surface area (Å²) >= 11 is 0. The van der Waals surface area contributed by atoms with Crippen LogP contribution in [0.5, 0.6) is 0 Å². The van der Waals surface area contributed by atoms with Gasteiger partial charge in [0.1, 0.15) is 29.1 Å². The van der Waals surface area contributed by atoms with Crippen LogP contribution in [0.4, 0.5) is 8.78 Å². The SMILES string of the molecule is Cc1nccn1-c1cnn(C)c(=O)c1-c1nccc2c(C[C@H](NC(=O)c3c(F)cccc3F)C(=O)O)cccc12. The number of pyridine rings is 1. The fraction of sp³-hybridized carbons (Fsp3) is 0.143. The zero-order chi connectivity index (χ0) is 28.6. The number of nitrogens with zero attached hydrogens (tertiary/aromatic N) is 5. The first-order chi connectivity index (χ1) is 19.2. The number of halogens is 2. The van der Waals surface area contributed by atoms with Crippen molar-refractivity contribution in [1.82, 2.24) is 29.6 Å². The van der Waals surface area contributed by atoms with E-state index in [0.29, 0.717) is 33.5 Å². The molecule has 202 valence electrons. The number of carbonyl (C=O) groups is 2. The summed E-state index contributed by atoms with van der Waals surface area (Å²) in [4.78, 5) is 46.8. The first-order valence-corrected chi connectivity index (χ1v) is 12.1. The monoisotopic (exact) mass is 544 g/mol. The number of aromatic nitrogens is 5. The van der Waals surface area contributed by atoms with Crippen molar-refractivity contribution in [3.63, 3.8) is 0 Å². The highest BCUT2D eigenvalue weighted by Gasteiger charge is 2.26. The van der Waals surface area contributed by atoms with Crippen LogP contribution in [-0.4, -0.2) is 47.3 Å². The van der Waals surface area contributed by atoms with Crippen molar-refractivity contribution in [2.45, 2.75) is 19.4 Å². The predicted molar refractivity (Wildman–Crippen MR) is 141 cm³/mol. The van der Waals surface area contributed by atoms with Crippen molar-refractivity contribution < 1.29 is 23.5 Å². The number of carbonyl (C=O) groups excluding carboxylic acids is 1. The van der Waals surface area contributed by atoms with Gasteiger partial charge in [-0.15, -0.1) is 0 Å². The van der Waals surface area contributed by atoms with E-state index in [1.54, 1.807) is 48.1 Å². The maximum Gasteiger partial charge on any atom is 0.326 e. The molecular weight excluding hydrogens is 522 g/mol. The molecule has 5 aromatic rings. The van der Waals surface area contributed by atoms with Crippen LogP contribution in [0.25, 0.3) is 27.7 Å². The van der Waals surface area contributed by atoms with Crippen LogP contribution in [0.2, 0.25) is 0 Å². The highest BCUT2D eigenvalue weighted by Crippen LogP contribution is 2.31. The third-order valence-corrected chi connectivity index (χ3v) is 6.55. The number of amides is 1. The summed E-state index contributed by atoms with van der Waals surface area (Å²) in [5, 5.41) is 17.3. The molecule has 0 radical (unpaired) electrons. The smallest absolute Gasteiger partial charge is 0.326 e. The number of rotatable bonds is 7. The minimum atomic E-state index is -1.51. The van der Waals surface area contributed by atoms with Gasteiger partial charge in [-0.2, -0.15) is 5.10 Å². The van der Waals surface area contributed by atoms with Crippen molar-refractivity contribution in [2.75, 3.05) is 0 Å². The fourth-order valence-electron chi connectivity index (χ4n) is 4.58. The Kier molecular flexibility index (Phi) is 6.91. The lowest BCUT2D eigenvalue weighted by Crippen LogP contribution is -2.43. The lowest BCUT2D eigenvalue weighted by molar-refractivity contribution is -0.139. The van der Waals surface area contributed by atoms with E-state index < -0.39 is 40.7 Å². The molecule has 0 aliphatic heterocycles. The molecule has 10 nitrogen and oxygen atoms in total. The Labute approximate surface area is 225 Å². The standard InChI is InChI=1S/C28H22F2N6O4/c1-15-31-11-12-36(15)22-14-33-35(2)27(38)24(22)25-18-6-3-5-16(17(18)9-10-32-25)13-21(28(39)40)34-26(37)23-19(29)7-4-8-20(23)30/h3-12,14,21H,13H2,1-2H3,(H,34,37)(H,39,40)/t21-/m0/s1. The van der Waals surface area contributed by atoms with Gasteiger partial charge in [-0.05, 0) is 36.1 Å². The van der Waals surface area contributed by atoms with Crippen molar-refractivity contribution >= 4 is 22.6 Å². The topological polar surface area (TPSA) is 132 Å². The van der Waals surface area contributed by atoms with Crippen LogP contribution in [0.1, 0.15) is 21.7 Å². The van der Waals surface area contributed by atoms with Gasteiger partial charge in [0, 0.05) is 37.4 Å². The van der Waals surface area contributed by atoms with E-state index in [0.717, 1.165) is 18.2 Å². The minimum Gasteiger partial charge on any atom is -0.480 e. The molecular formula is C28H22F2N6O4. The summed E-state index contributed by atoms with van der Waals surface area (Å²) in [6, 6.07) is 8.18. The van der Waals surface area contributed by atoms with Crippen molar-refractivity contribution in [1.29, 1.82) is 0 Å². The van der Waals surface area contributed by atoms with Crippen LogP contribution in [0.15, 0.2) is 72.0 Å². The molecule has 0 unspecified atom stereocenters. The number of hydrogen-bond donors (Lipinski definition) is 2. The van der Waals surface area contributed by atoms with E-state index in [9.17, 15) is 28.3 Å². The van der Waals surface area contributed by atoms with Crippen LogP contribution < -0.4 is 10.9 Å². The van der Waals surface area contributed by atoms with E-state index in [2.05, 4.69) is 20.4 Å². The summed E-state index contributed by atoms with van der Waals surface area (Å²) in [5.41, 5.74) is 0.307. The largest absolute Gasteiger partial charge is 0.480 e. The molecule has 0 saturated carbocycles. The summed E-state index contributed by atoms with van der Waals surface area (Å²) < 4.78 is 31.1. The van der Waals surface area contributed by atoms with Crippen LogP contribution >= 0.6 is 0 Å². The average molecular weight is 545 g/mol. The van der Waals surface area contributed by atoms with Crippen molar-refractivity contribution in [2.24, 2.45) is 7.05 Å². The summed E-state index contributed by atoms with van der Waals surface area (Å²) in [6.07, 6.45) is 6.12. The van der Waals surface area contributed by atoms with Crippen molar-refractivity contribution in [3.05, 3.63) is 106 Å². The number of carboxylic acids is 1. The van der Waals surface area contributed by atoms with E-state index in [1.165, 1.54) is 24.1 Å². The number of carboxylic acid groups (broad SMARTS) is 1. The normalized spacial score (nSPS) is 11.9. The second-order valence-corrected chi connectivity index (χ2v) is 9.01. The lowest BCUT2D eigenvalue weighted by Gasteiger charge is -2.18. The van der Waals surface area contributed by atoms with Gasteiger partial charge in [0.05, 0.1) is 23.1 Å². The summed E-state index contributed by atoms with van der Waals surface area (Å²) in [6.45, 7) is 1.78. The number of hydrogen-bond acceptors (Lipinski definition) is 6. The van der Waals surface area contributed by atoms with Gasteiger partial charge in [0.2, 0.25) is 0 Å². The zero-order valence-corrected chi connectivity index (χ0v) is 21.3. The highest BCUT2D eigenvalue weighted by atomic mass is 19.1. The molecule has 5 rings (SSSR count). The Balaban J connectivity index is 1.59. The molecule has 0 aliphatic rings. The molecule has 1 amide bonds. The molecule has 2 aromatic carbocycles. The Hall–Kier alpha value is -5.26. The van der Waals surface area contributed by atoms with Crippen LogP contribution in [0, 0.1) is 18.6 Å². The number of fused-ring (bicyclic) bond motifs is 1. The first kappa shape index (κ1) is 26.4. The Morgan fingerprint density at radius 2 is 1.75 bits per heavy atom. The van der Waals surface area contributed by atoms with Gasteiger partial charge >= 0.3 is 5.97 Å². The molecule has 12 heteroatoms. The summed E-state index contributed by atoms with van der Waals surface area (Å²) in [7, 11) is 1.52. The van der Waals surface area contributed by atoms with E-state index in [1.807, 2.05) is 0 Å². The lowest BCUT2D eigenvalue weighted by atomic mass is 9.96. The van der Waals surface area contributed by atoms with Gasteiger partial charge in [-0.3, -0.25) is 14.6 Å². The molecule has 2 N–H and O–H groups in total. The molecule has 0 spiro atoms. The molecule has 0 fully saturated rings. The molecule has 0 bridgehead atoms. The maximum atomic E-state index is 14.1. The molecule has 3 heterocycles. The molecule has 0 saturated heterocycles. The predicted octanol–water partition coefficient (Wildman–Crippen LogP) is 3.19. The van der Waals surface area contributed by atoms with Crippen LogP contribution in [0.3, 0.4) is 0 Å². The van der Waals surface area contributed by atoms with E-state index in [4.69, 9.17) is 0 Å². The van der Waals surface area contributed by atoms with Gasteiger partial charge in [0.15, 0.2) is 0 Å². The molecule has 1 atom stereocenters. The third-order valence-electron chi connectivity index (χ3n) is 6.55. The van der Waals surface area contributed by atoms with Crippen molar-refractivity contribution in [3.8, 4) is 16.9 Å². The summed E-state index contributed by atoms with van der Waals surface area (Å²) in [5.74, 6) is -4.16. The zero-order valence-electron chi connectivity index (χ0n) is 21.3. The quantitative estimate of drug-likeness (QED) is 0.322. The molecule has 40 heavy (non-hydrogen) atoms. The Morgan fingerprint density at radius 1 is 1.02 bits per heavy atom. The van der Waals surface area contributed by atoms with Gasteiger partial charge in [0.25, 0.3) is 11.5 Å². The van der Waals surface area contributed by atoms with Crippen LogP contribution in [-0.2, 0) is 18.3 Å².